The van der Waals surface area contributed by atoms with Crippen LogP contribution in [0.5, 0.6) is 0 Å². The summed E-state index contributed by atoms with van der Waals surface area (Å²) in [6.07, 6.45) is 1.27. The molecule has 1 aromatic heterocycles. The number of nitrogens with one attached hydrogen (secondary N) is 2. The first-order valence-electron chi connectivity index (χ1n) is 16.5. The maximum absolute atomic E-state index is 12.6. The molecule has 1 fully saturated rings. The van der Waals surface area contributed by atoms with Gasteiger partial charge in [0.05, 0.1) is 35.9 Å². The van der Waals surface area contributed by atoms with Gasteiger partial charge in [-0.3, -0.25) is 9.59 Å². The van der Waals surface area contributed by atoms with E-state index in [0.717, 1.165) is 22.4 Å². The first-order valence-corrected chi connectivity index (χ1v) is 17.4. The van der Waals surface area contributed by atoms with Gasteiger partial charge in [-0.15, -0.1) is 5.10 Å². The number of nitrogens with zero attached hydrogens (tertiary/aromatic N) is 4. The van der Waals surface area contributed by atoms with Crippen molar-refractivity contribution in [3.8, 4) is 5.69 Å². The van der Waals surface area contributed by atoms with Crippen molar-refractivity contribution in [2.45, 2.75) is 62.4 Å². The zero-order chi connectivity index (χ0) is 34.7. The predicted molar refractivity (Wildman–Crippen MR) is 191 cm³/mol. The number of benzene rings is 4. The molecule has 1 saturated heterocycles. The van der Waals surface area contributed by atoms with Crippen LogP contribution in [0.25, 0.3) is 5.69 Å². The third-order valence-electron chi connectivity index (χ3n) is 8.21. The van der Waals surface area contributed by atoms with Crippen LogP contribution in [-0.2, 0) is 25.7 Å². The molecular formula is C37H39N7O5S. The van der Waals surface area contributed by atoms with Crippen LogP contribution in [-0.4, -0.2) is 49.0 Å². The van der Waals surface area contributed by atoms with Crippen molar-refractivity contribution >= 4 is 40.6 Å². The summed E-state index contributed by atoms with van der Waals surface area (Å²) in [6, 6.07) is 32.0. The number of carbonyl (C=O) groups is 2. The lowest BCUT2D eigenvalue weighted by Crippen LogP contribution is -2.31. The molecule has 2 heterocycles. The molecule has 5 aromatic rings. The smallest absolute Gasteiger partial charge is 0.224 e. The molecule has 0 aliphatic carbocycles. The van der Waals surface area contributed by atoms with E-state index in [2.05, 4.69) is 26.2 Å². The second-order valence-corrected chi connectivity index (χ2v) is 12.9. The highest BCUT2D eigenvalue weighted by Gasteiger charge is 2.32. The van der Waals surface area contributed by atoms with Crippen molar-refractivity contribution in [3.05, 3.63) is 120 Å². The number of anilines is 3. The monoisotopic (exact) mass is 693 g/mol. The Balaban J connectivity index is 1.04. The number of carbonyl (C=O) groups excluding carboxylic acids is 2. The summed E-state index contributed by atoms with van der Waals surface area (Å²) in [5, 5.41) is 28.2. The second-order valence-electron chi connectivity index (χ2n) is 11.9. The van der Waals surface area contributed by atoms with E-state index in [1.54, 1.807) is 16.8 Å². The predicted octanol–water partition coefficient (Wildman–Crippen LogP) is 6.21. The van der Waals surface area contributed by atoms with Crippen LogP contribution in [0.3, 0.4) is 0 Å². The van der Waals surface area contributed by atoms with Gasteiger partial charge in [-0.2, -0.15) is 4.68 Å². The van der Waals surface area contributed by atoms with Crippen LogP contribution in [0.15, 0.2) is 108 Å². The minimum atomic E-state index is -0.649. The van der Waals surface area contributed by atoms with Crippen molar-refractivity contribution in [2.24, 2.45) is 0 Å². The number of unbranched alkanes of at least 4 members (excludes halogenated alkanes) is 1. The van der Waals surface area contributed by atoms with Crippen LogP contribution in [0.1, 0.15) is 61.2 Å². The molecule has 50 heavy (non-hydrogen) atoms. The SMILES string of the molecule is Nc1ccccc1NC(=O)CCCCC(=O)Nc1ccc(C2OC(CSc3nnnn3-c3ccccc3)CC(c3ccc(CO)cc3)O2)cc1. The van der Waals surface area contributed by atoms with Crippen LogP contribution >= 0.6 is 11.8 Å². The van der Waals surface area contributed by atoms with Crippen molar-refractivity contribution < 1.29 is 24.2 Å². The standard InChI is InChI=1S/C37H39N7O5S/c38-31-10-4-5-11-32(31)40-35(47)13-7-6-12-34(46)39-28-20-18-27(19-21-28)36-48-30(22-33(49-36)26-16-14-25(23-45)15-17-26)24-50-37-41-42-43-44(37)29-8-2-1-3-9-29/h1-5,8-11,14-21,30,33,36,45H,6-7,12-13,22-24,38H2,(H,39,46)(H,40,47). The summed E-state index contributed by atoms with van der Waals surface area (Å²) < 4.78 is 14.7. The molecule has 13 heteroatoms. The van der Waals surface area contributed by atoms with E-state index in [4.69, 9.17) is 15.2 Å². The first kappa shape index (κ1) is 34.8. The lowest BCUT2D eigenvalue weighted by Gasteiger charge is -2.36. The molecule has 0 radical (unpaired) electrons. The fraction of sp³-hybridized carbons (Fsp3) is 0.270. The molecule has 0 spiro atoms. The highest BCUT2D eigenvalue weighted by Crippen LogP contribution is 2.39. The number of para-hydroxylation sites is 3. The van der Waals surface area contributed by atoms with Crippen LogP contribution in [0.2, 0.25) is 0 Å². The fourth-order valence-corrected chi connectivity index (χ4v) is 6.44. The number of hydrogen-bond donors (Lipinski definition) is 4. The second kappa shape index (κ2) is 17.0. The van der Waals surface area contributed by atoms with Crippen molar-refractivity contribution in [1.82, 2.24) is 20.2 Å². The van der Waals surface area contributed by atoms with Crippen molar-refractivity contribution in [2.75, 3.05) is 22.1 Å². The minimum absolute atomic E-state index is 0.0301. The van der Waals surface area contributed by atoms with Gasteiger partial charge in [-0.1, -0.05) is 78.5 Å². The summed E-state index contributed by atoms with van der Waals surface area (Å²) in [6.45, 7) is -0.0301. The van der Waals surface area contributed by atoms with Gasteiger partial charge in [-0.05, 0) is 70.8 Å². The van der Waals surface area contributed by atoms with E-state index in [1.807, 2.05) is 91.0 Å². The number of nitrogens with two attached hydrogens (primary N) is 1. The van der Waals surface area contributed by atoms with E-state index < -0.39 is 6.29 Å². The summed E-state index contributed by atoms with van der Waals surface area (Å²) >= 11 is 1.51. The van der Waals surface area contributed by atoms with Gasteiger partial charge in [0.1, 0.15) is 0 Å². The average molecular weight is 694 g/mol. The summed E-state index contributed by atoms with van der Waals surface area (Å²) in [5.41, 5.74) is 11.1. The number of tetrazole rings is 1. The number of amides is 2. The molecule has 0 saturated carbocycles. The molecule has 4 aromatic carbocycles. The Morgan fingerprint density at radius 3 is 2.24 bits per heavy atom. The van der Waals surface area contributed by atoms with E-state index in [9.17, 15) is 14.7 Å². The molecule has 0 bridgehead atoms. The number of hydrogen-bond acceptors (Lipinski definition) is 10. The van der Waals surface area contributed by atoms with Gasteiger partial charge in [0.15, 0.2) is 6.29 Å². The number of aromatic nitrogens is 4. The molecule has 258 valence electrons. The summed E-state index contributed by atoms with van der Waals surface area (Å²) in [7, 11) is 0. The van der Waals surface area contributed by atoms with Gasteiger partial charge in [0, 0.05) is 36.3 Å². The largest absolute Gasteiger partial charge is 0.397 e. The zero-order valence-electron chi connectivity index (χ0n) is 27.4. The Hall–Kier alpha value is -5.08. The molecule has 6 rings (SSSR count). The van der Waals surface area contributed by atoms with Gasteiger partial charge in [0.25, 0.3) is 0 Å². The van der Waals surface area contributed by atoms with Crippen molar-refractivity contribution in [1.29, 1.82) is 0 Å². The molecule has 12 nitrogen and oxygen atoms in total. The lowest BCUT2D eigenvalue weighted by molar-refractivity contribution is -0.245. The van der Waals surface area contributed by atoms with E-state index in [1.165, 1.54) is 11.8 Å². The number of rotatable bonds is 14. The highest BCUT2D eigenvalue weighted by atomic mass is 32.2. The van der Waals surface area contributed by atoms with Gasteiger partial charge in [-0.25, -0.2) is 0 Å². The normalized spacial score (nSPS) is 17.3. The van der Waals surface area contributed by atoms with Crippen LogP contribution in [0.4, 0.5) is 17.1 Å². The molecule has 3 atom stereocenters. The molecular weight excluding hydrogens is 655 g/mol. The molecule has 1 aliphatic heterocycles. The van der Waals surface area contributed by atoms with Gasteiger partial charge >= 0.3 is 0 Å². The summed E-state index contributed by atoms with van der Waals surface area (Å²) in [5.74, 6) is 0.328. The number of ether oxygens (including phenoxy) is 2. The van der Waals surface area contributed by atoms with E-state index >= 15 is 0 Å². The highest BCUT2D eigenvalue weighted by molar-refractivity contribution is 7.99. The Morgan fingerprint density at radius 1 is 0.840 bits per heavy atom. The molecule has 1 aliphatic rings. The molecule has 5 N–H and O–H groups in total. The number of aliphatic hydroxyl groups excluding tert-OH is 1. The first-order chi connectivity index (χ1) is 24.4. The lowest BCUT2D eigenvalue weighted by atomic mass is 10.0. The topological polar surface area (TPSA) is 167 Å². The number of thioether (sulfide) groups is 1. The summed E-state index contributed by atoms with van der Waals surface area (Å²) in [4.78, 5) is 24.9. The maximum atomic E-state index is 12.6. The quantitative estimate of drug-likeness (QED) is 0.0597. The van der Waals surface area contributed by atoms with Gasteiger partial charge in [0.2, 0.25) is 17.0 Å². The maximum Gasteiger partial charge on any atom is 0.224 e. The third kappa shape index (κ3) is 9.33. The Kier molecular flexibility index (Phi) is 11.8. The Morgan fingerprint density at radius 2 is 1.52 bits per heavy atom. The molecule has 2 amide bonds. The number of nitrogen functional groups attached to an aromatic ring is 1. The number of aliphatic hydroxyl groups is 1. The Labute approximate surface area is 294 Å². The van der Waals surface area contributed by atoms with Crippen LogP contribution < -0.4 is 16.4 Å². The van der Waals surface area contributed by atoms with E-state index in [-0.39, 0.29) is 30.6 Å². The van der Waals surface area contributed by atoms with Crippen LogP contribution in [0, 0.1) is 0 Å². The molecule has 3 unspecified atom stereocenters. The fourth-order valence-electron chi connectivity index (χ4n) is 5.53. The third-order valence-corrected chi connectivity index (χ3v) is 9.27. The Bertz CT molecular complexity index is 1850. The van der Waals surface area contributed by atoms with E-state index in [0.29, 0.717) is 60.1 Å². The van der Waals surface area contributed by atoms with Gasteiger partial charge < -0.3 is 30.9 Å². The average Bonchev–Trinajstić information content (AvgIpc) is 3.63. The zero-order valence-corrected chi connectivity index (χ0v) is 28.2. The minimum Gasteiger partial charge on any atom is -0.397 e. The van der Waals surface area contributed by atoms with Crippen molar-refractivity contribution in [3.63, 3.8) is 0 Å².